The third kappa shape index (κ3) is 7.96. The zero-order valence-electron chi connectivity index (χ0n) is 16.0. The summed E-state index contributed by atoms with van der Waals surface area (Å²) in [5, 5.41) is 13.2. The normalized spacial score (nSPS) is 12.8. The summed E-state index contributed by atoms with van der Waals surface area (Å²) in [5.74, 6) is -0.610. The number of nitrogens with zero attached hydrogens (tertiary/aromatic N) is 1. The van der Waals surface area contributed by atoms with Gasteiger partial charge in [-0.2, -0.15) is 0 Å². The molecule has 1 atom stereocenters. The van der Waals surface area contributed by atoms with E-state index in [2.05, 4.69) is 5.32 Å². The molecule has 1 aromatic carbocycles. The second-order valence-electron chi connectivity index (χ2n) is 7.86. The van der Waals surface area contributed by atoms with Gasteiger partial charge in [0.05, 0.1) is 4.92 Å². The van der Waals surface area contributed by atoms with Crippen LogP contribution in [0.4, 0.5) is 10.5 Å². The van der Waals surface area contributed by atoms with Crippen molar-refractivity contribution in [3.05, 3.63) is 39.9 Å². The molecule has 26 heavy (non-hydrogen) atoms. The van der Waals surface area contributed by atoms with Crippen molar-refractivity contribution in [2.45, 2.75) is 65.2 Å². The summed E-state index contributed by atoms with van der Waals surface area (Å²) in [7, 11) is 0. The van der Waals surface area contributed by atoms with Gasteiger partial charge in [0.15, 0.2) is 0 Å². The molecule has 0 heterocycles. The lowest BCUT2D eigenvalue weighted by Crippen LogP contribution is -2.47. The van der Waals surface area contributed by atoms with Gasteiger partial charge in [0.1, 0.15) is 17.2 Å². The van der Waals surface area contributed by atoms with Crippen molar-refractivity contribution in [3.63, 3.8) is 0 Å². The molecule has 0 bridgehead atoms. The second-order valence-corrected chi connectivity index (χ2v) is 7.86. The number of ether oxygens (including phenoxy) is 2. The number of non-ortho nitro benzene ring substituents is 1. The minimum absolute atomic E-state index is 0.0531. The van der Waals surface area contributed by atoms with Crippen LogP contribution in [-0.2, 0) is 20.7 Å². The highest BCUT2D eigenvalue weighted by atomic mass is 16.6. The van der Waals surface area contributed by atoms with E-state index >= 15 is 0 Å². The summed E-state index contributed by atoms with van der Waals surface area (Å²) < 4.78 is 10.5. The predicted molar refractivity (Wildman–Crippen MR) is 95.8 cm³/mol. The number of carbonyl (C=O) groups excluding carboxylic acids is 2. The number of amides is 1. The Hall–Kier alpha value is -2.64. The Labute approximate surface area is 153 Å². The molecule has 0 saturated heterocycles. The van der Waals surface area contributed by atoms with E-state index in [-0.39, 0.29) is 12.1 Å². The van der Waals surface area contributed by atoms with Crippen LogP contribution >= 0.6 is 0 Å². The summed E-state index contributed by atoms with van der Waals surface area (Å²) in [6.07, 6.45) is -0.623. The van der Waals surface area contributed by atoms with Crippen LogP contribution in [0.1, 0.15) is 47.1 Å². The lowest BCUT2D eigenvalue weighted by atomic mass is 10.1. The Bertz CT molecular complexity index is 656. The maximum Gasteiger partial charge on any atom is 0.408 e. The van der Waals surface area contributed by atoms with Crippen LogP contribution in [0.3, 0.4) is 0 Å². The minimum atomic E-state index is -0.981. The molecule has 8 nitrogen and oxygen atoms in total. The van der Waals surface area contributed by atoms with Gasteiger partial charge in [-0.05, 0) is 47.1 Å². The van der Waals surface area contributed by atoms with Gasteiger partial charge in [0.25, 0.3) is 5.69 Å². The Kier molecular flexibility index (Phi) is 6.72. The Morgan fingerprint density at radius 3 is 1.96 bits per heavy atom. The standard InChI is InChI=1S/C18H26N2O6/c1-17(2,3)25-15(21)14(19-16(22)26-18(4,5)6)11-12-7-9-13(10-8-12)20(23)24/h7-10,14H,11H2,1-6H3,(H,19,22)/t14-/m0/s1. The first-order valence-electron chi connectivity index (χ1n) is 8.22. The average molecular weight is 366 g/mol. The Morgan fingerprint density at radius 2 is 1.54 bits per heavy atom. The van der Waals surface area contributed by atoms with Gasteiger partial charge in [-0.3, -0.25) is 10.1 Å². The molecule has 0 spiro atoms. The topological polar surface area (TPSA) is 108 Å². The highest BCUT2D eigenvalue weighted by Gasteiger charge is 2.29. The van der Waals surface area contributed by atoms with Crippen molar-refractivity contribution in [2.75, 3.05) is 0 Å². The summed E-state index contributed by atoms with van der Waals surface area (Å²) in [5.41, 5.74) is -0.846. The number of hydrogen-bond acceptors (Lipinski definition) is 6. The molecular weight excluding hydrogens is 340 g/mol. The zero-order chi connectivity index (χ0) is 20.1. The van der Waals surface area contributed by atoms with Gasteiger partial charge in [-0.1, -0.05) is 12.1 Å². The number of nitro benzene ring substituents is 1. The number of esters is 1. The van der Waals surface area contributed by atoms with Crippen LogP contribution in [0.15, 0.2) is 24.3 Å². The molecule has 0 aliphatic rings. The SMILES string of the molecule is CC(C)(C)OC(=O)N[C@@H](Cc1ccc([N+](=O)[O-])cc1)C(=O)OC(C)(C)C. The molecule has 0 aliphatic heterocycles. The lowest BCUT2D eigenvalue weighted by Gasteiger charge is -2.26. The van der Waals surface area contributed by atoms with E-state index in [1.54, 1.807) is 41.5 Å². The van der Waals surface area contributed by atoms with Crippen molar-refractivity contribution in [2.24, 2.45) is 0 Å². The molecule has 0 radical (unpaired) electrons. The van der Waals surface area contributed by atoms with E-state index in [4.69, 9.17) is 9.47 Å². The largest absolute Gasteiger partial charge is 0.458 e. The van der Waals surface area contributed by atoms with Crippen LogP contribution in [0, 0.1) is 10.1 Å². The van der Waals surface area contributed by atoms with Gasteiger partial charge in [-0.15, -0.1) is 0 Å². The molecule has 0 fully saturated rings. The van der Waals surface area contributed by atoms with E-state index < -0.39 is 34.2 Å². The second kappa shape index (κ2) is 8.16. The number of benzene rings is 1. The molecule has 1 amide bonds. The van der Waals surface area contributed by atoms with Crippen molar-refractivity contribution in [1.29, 1.82) is 0 Å². The van der Waals surface area contributed by atoms with Crippen LogP contribution in [0.5, 0.6) is 0 Å². The lowest BCUT2D eigenvalue weighted by molar-refractivity contribution is -0.384. The number of alkyl carbamates (subject to hydrolysis) is 1. The maximum absolute atomic E-state index is 12.4. The summed E-state index contributed by atoms with van der Waals surface area (Å²) >= 11 is 0. The van der Waals surface area contributed by atoms with E-state index in [1.165, 1.54) is 24.3 Å². The molecule has 144 valence electrons. The molecule has 0 aliphatic carbocycles. The highest BCUT2D eigenvalue weighted by Crippen LogP contribution is 2.16. The molecule has 1 aromatic rings. The van der Waals surface area contributed by atoms with E-state index in [9.17, 15) is 19.7 Å². The van der Waals surface area contributed by atoms with Gasteiger partial charge in [0, 0.05) is 18.6 Å². The third-order valence-electron chi connectivity index (χ3n) is 2.97. The predicted octanol–water partition coefficient (Wildman–Crippen LogP) is 3.37. The minimum Gasteiger partial charge on any atom is -0.458 e. The summed E-state index contributed by atoms with van der Waals surface area (Å²) in [6, 6.07) is 4.77. The van der Waals surface area contributed by atoms with Gasteiger partial charge in [-0.25, -0.2) is 9.59 Å². The van der Waals surface area contributed by atoms with Crippen LogP contribution in [0.25, 0.3) is 0 Å². The molecule has 0 unspecified atom stereocenters. The zero-order valence-corrected chi connectivity index (χ0v) is 16.0. The molecule has 0 saturated carbocycles. The summed E-state index contributed by atoms with van der Waals surface area (Å²) in [4.78, 5) is 34.7. The number of rotatable bonds is 5. The average Bonchev–Trinajstić information content (AvgIpc) is 2.43. The van der Waals surface area contributed by atoms with E-state index in [0.717, 1.165) is 0 Å². The third-order valence-corrected chi connectivity index (χ3v) is 2.97. The summed E-state index contributed by atoms with van der Waals surface area (Å²) in [6.45, 7) is 10.3. The molecule has 1 rings (SSSR count). The quantitative estimate of drug-likeness (QED) is 0.486. The first-order chi connectivity index (χ1) is 11.8. The van der Waals surface area contributed by atoms with Crippen LogP contribution in [0.2, 0.25) is 0 Å². The van der Waals surface area contributed by atoms with Gasteiger partial charge < -0.3 is 14.8 Å². The van der Waals surface area contributed by atoms with Crippen LogP contribution in [-0.4, -0.2) is 34.2 Å². The van der Waals surface area contributed by atoms with Crippen molar-refractivity contribution >= 4 is 17.7 Å². The fourth-order valence-corrected chi connectivity index (χ4v) is 2.01. The highest BCUT2D eigenvalue weighted by molar-refractivity contribution is 5.82. The smallest absolute Gasteiger partial charge is 0.408 e. The monoisotopic (exact) mass is 366 g/mol. The molecular formula is C18H26N2O6. The van der Waals surface area contributed by atoms with Gasteiger partial charge >= 0.3 is 12.1 Å². The fourth-order valence-electron chi connectivity index (χ4n) is 2.01. The number of nitrogens with one attached hydrogen (secondary N) is 1. The van der Waals surface area contributed by atoms with E-state index in [0.29, 0.717) is 5.56 Å². The van der Waals surface area contributed by atoms with Crippen molar-refractivity contribution < 1.29 is 24.0 Å². The fraction of sp³-hybridized carbons (Fsp3) is 0.556. The first-order valence-corrected chi connectivity index (χ1v) is 8.22. The van der Waals surface area contributed by atoms with Crippen molar-refractivity contribution in [1.82, 2.24) is 5.32 Å². The van der Waals surface area contributed by atoms with Gasteiger partial charge in [0.2, 0.25) is 0 Å². The number of carbonyl (C=O) groups is 2. The van der Waals surface area contributed by atoms with Crippen LogP contribution < -0.4 is 5.32 Å². The maximum atomic E-state index is 12.4. The molecule has 0 aromatic heterocycles. The Morgan fingerprint density at radius 1 is 1.04 bits per heavy atom. The number of hydrogen-bond donors (Lipinski definition) is 1. The molecule has 8 heteroatoms. The van der Waals surface area contributed by atoms with E-state index in [1.807, 2.05) is 0 Å². The Balaban J connectivity index is 2.94. The molecule has 1 N–H and O–H groups in total. The first kappa shape index (κ1) is 21.4. The number of nitro groups is 1. The van der Waals surface area contributed by atoms with Crippen molar-refractivity contribution in [3.8, 4) is 0 Å².